The molecule has 0 spiro atoms. The van der Waals surface area contributed by atoms with Crippen molar-refractivity contribution in [1.82, 2.24) is 0 Å². The molecule has 0 radical (unpaired) electrons. The molecule has 2 aromatic carbocycles. The number of carbonyl (C=O) groups excluding carboxylic acids is 2. The molecule has 0 aliphatic carbocycles. The molecule has 0 bridgehead atoms. The lowest BCUT2D eigenvalue weighted by Gasteiger charge is -2.10. The van der Waals surface area contributed by atoms with Crippen molar-refractivity contribution in [2.24, 2.45) is 0 Å². The summed E-state index contributed by atoms with van der Waals surface area (Å²) in [5.74, 6) is -0.0206. The van der Waals surface area contributed by atoms with Crippen molar-refractivity contribution < 1.29 is 28.2 Å². The molecule has 8 nitrogen and oxygen atoms in total. The van der Waals surface area contributed by atoms with Gasteiger partial charge in [-0.1, -0.05) is 18.2 Å². The topological polar surface area (TPSA) is 104 Å². The molecule has 0 aliphatic rings. The van der Waals surface area contributed by atoms with Crippen LogP contribution in [-0.2, 0) is 20.9 Å². The molecular weight excluding hydrogens is 378 g/mol. The normalized spacial score (nSPS) is 10.4. The average molecular weight is 397 g/mol. The van der Waals surface area contributed by atoms with Crippen LogP contribution in [0.2, 0.25) is 0 Å². The van der Waals surface area contributed by atoms with Crippen LogP contribution in [-0.4, -0.2) is 25.3 Å². The smallest absolute Gasteiger partial charge is 0.411 e. The molecule has 150 valence electrons. The van der Waals surface area contributed by atoms with Crippen molar-refractivity contribution in [1.29, 1.82) is 0 Å². The van der Waals surface area contributed by atoms with Crippen molar-refractivity contribution in [3.8, 4) is 5.75 Å². The van der Waals surface area contributed by atoms with Gasteiger partial charge in [0.25, 0.3) is 0 Å². The van der Waals surface area contributed by atoms with Gasteiger partial charge in [0, 0.05) is 28.8 Å². The second kappa shape index (κ2) is 9.41. The number of benzene rings is 2. The number of esters is 1. The molecule has 0 aliphatic heterocycles. The van der Waals surface area contributed by atoms with E-state index in [2.05, 4.69) is 5.32 Å². The largest absolute Gasteiger partial charge is 0.482 e. The lowest BCUT2D eigenvalue weighted by Crippen LogP contribution is -2.15. The van der Waals surface area contributed by atoms with Gasteiger partial charge in [0.05, 0.1) is 6.61 Å². The molecule has 8 heteroatoms. The number of para-hydroxylation sites is 1. The van der Waals surface area contributed by atoms with Crippen LogP contribution in [0.5, 0.6) is 5.75 Å². The zero-order valence-electron chi connectivity index (χ0n) is 15.7. The molecule has 1 aromatic heterocycles. The second-order valence-corrected chi connectivity index (χ2v) is 5.91. The van der Waals surface area contributed by atoms with Gasteiger partial charge < -0.3 is 18.6 Å². The third kappa shape index (κ3) is 5.58. The Morgan fingerprint density at radius 3 is 2.59 bits per heavy atom. The number of amides is 1. The van der Waals surface area contributed by atoms with Gasteiger partial charge >= 0.3 is 17.7 Å². The van der Waals surface area contributed by atoms with Crippen LogP contribution in [0, 0.1) is 0 Å². The van der Waals surface area contributed by atoms with Crippen LogP contribution >= 0.6 is 0 Å². The Labute approximate surface area is 166 Å². The Morgan fingerprint density at radius 1 is 1.03 bits per heavy atom. The fraction of sp³-hybridized carbons (Fsp3) is 0.190. The van der Waals surface area contributed by atoms with E-state index in [4.69, 9.17) is 18.6 Å². The molecule has 0 fully saturated rings. The maximum atomic E-state index is 11.9. The number of nitrogens with one attached hydrogen (secondary N) is 1. The van der Waals surface area contributed by atoms with Crippen molar-refractivity contribution in [2.75, 3.05) is 18.5 Å². The van der Waals surface area contributed by atoms with Crippen LogP contribution < -0.4 is 15.7 Å². The average Bonchev–Trinajstić information content (AvgIpc) is 2.71. The quantitative estimate of drug-likeness (QED) is 0.481. The van der Waals surface area contributed by atoms with E-state index in [1.54, 1.807) is 43.3 Å². The summed E-state index contributed by atoms with van der Waals surface area (Å²) in [5, 5.41) is 3.11. The predicted octanol–water partition coefficient (Wildman–Crippen LogP) is 3.48. The second-order valence-electron chi connectivity index (χ2n) is 5.91. The van der Waals surface area contributed by atoms with Gasteiger partial charge in [0.15, 0.2) is 6.61 Å². The van der Waals surface area contributed by atoms with Crippen LogP contribution in [0.4, 0.5) is 10.5 Å². The first-order chi connectivity index (χ1) is 14.0. The van der Waals surface area contributed by atoms with E-state index >= 15 is 0 Å². The maximum Gasteiger partial charge on any atom is 0.411 e. The highest BCUT2D eigenvalue weighted by atomic mass is 16.6. The number of fused-ring (bicyclic) bond motifs is 1. The molecule has 3 rings (SSSR count). The van der Waals surface area contributed by atoms with E-state index in [0.29, 0.717) is 22.4 Å². The summed E-state index contributed by atoms with van der Waals surface area (Å²) < 4.78 is 20.5. The van der Waals surface area contributed by atoms with E-state index in [-0.39, 0.29) is 25.4 Å². The van der Waals surface area contributed by atoms with Crippen LogP contribution in [0.3, 0.4) is 0 Å². The monoisotopic (exact) mass is 397 g/mol. The highest BCUT2D eigenvalue weighted by Gasteiger charge is 2.11. The molecule has 1 heterocycles. The third-order valence-electron chi connectivity index (χ3n) is 3.84. The Balaban J connectivity index is 1.67. The van der Waals surface area contributed by atoms with Crippen LogP contribution in [0.15, 0.2) is 63.8 Å². The number of carbonyl (C=O) groups is 2. The van der Waals surface area contributed by atoms with Gasteiger partial charge in [0.1, 0.15) is 17.9 Å². The first-order valence-electron chi connectivity index (χ1n) is 8.89. The van der Waals surface area contributed by atoms with Gasteiger partial charge in [-0.25, -0.2) is 14.4 Å². The first-order valence-corrected chi connectivity index (χ1v) is 8.89. The van der Waals surface area contributed by atoms with Crippen molar-refractivity contribution in [3.63, 3.8) is 0 Å². The van der Waals surface area contributed by atoms with Crippen molar-refractivity contribution >= 4 is 28.7 Å². The lowest BCUT2D eigenvalue weighted by atomic mass is 10.1. The van der Waals surface area contributed by atoms with Gasteiger partial charge in [-0.2, -0.15) is 0 Å². The molecule has 0 saturated heterocycles. The molecule has 0 atom stereocenters. The summed E-state index contributed by atoms with van der Waals surface area (Å²) in [5.41, 5.74) is 0.534. The van der Waals surface area contributed by atoms with Gasteiger partial charge in [0.2, 0.25) is 0 Å². The molecule has 1 amide bonds. The molecule has 0 unspecified atom stereocenters. The first kappa shape index (κ1) is 19.9. The van der Waals surface area contributed by atoms with E-state index in [9.17, 15) is 14.4 Å². The molecule has 29 heavy (non-hydrogen) atoms. The highest BCUT2D eigenvalue weighted by Crippen LogP contribution is 2.22. The van der Waals surface area contributed by atoms with E-state index < -0.39 is 17.7 Å². The number of ether oxygens (including phenoxy) is 3. The minimum absolute atomic E-state index is 0.121. The highest BCUT2D eigenvalue weighted by molar-refractivity contribution is 5.90. The van der Waals surface area contributed by atoms with Gasteiger partial charge in [-0.05, 0) is 31.2 Å². The summed E-state index contributed by atoms with van der Waals surface area (Å²) in [6.07, 6.45) is -0.613. The summed E-state index contributed by atoms with van der Waals surface area (Å²) >= 11 is 0. The van der Waals surface area contributed by atoms with Gasteiger partial charge in [-0.3, -0.25) is 5.32 Å². The van der Waals surface area contributed by atoms with E-state index in [1.807, 2.05) is 6.07 Å². The summed E-state index contributed by atoms with van der Waals surface area (Å²) in [6, 6.07) is 14.9. The number of hydrogen-bond donors (Lipinski definition) is 1. The Kier molecular flexibility index (Phi) is 6.47. The standard InChI is InChI=1S/C21H19NO7/c1-2-26-21(25)22-15-8-9-17-14(10-19(23)29-18(17)11-15)12-28-20(24)13-27-16-6-4-3-5-7-16/h3-11H,2,12-13H2,1H3,(H,22,25). The van der Waals surface area contributed by atoms with Crippen molar-refractivity contribution in [3.05, 3.63) is 70.6 Å². The zero-order valence-corrected chi connectivity index (χ0v) is 15.7. The fourth-order valence-corrected chi connectivity index (χ4v) is 2.57. The van der Waals surface area contributed by atoms with Crippen LogP contribution in [0.1, 0.15) is 12.5 Å². The predicted molar refractivity (Wildman–Crippen MR) is 105 cm³/mol. The summed E-state index contributed by atoms with van der Waals surface area (Å²) in [7, 11) is 0. The van der Waals surface area contributed by atoms with Gasteiger partial charge in [-0.15, -0.1) is 0 Å². The maximum absolute atomic E-state index is 11.9. The zero-order chi connectivity index (χ0) is 20.6. The van der Waals surface area contributed by atoms with Crippen molar-refractivity contribution in [2.45, 2.75) is 13.5 Å². The SMILES string of the molecule is CCOC(=O)Nc1ccc2c(COC(=O)COc3ccccc3)cc(=O)oc2c1. The lowest BCUT2D eigenvalue weighted by molar-refractivity contribution is -0.147. The Morgan fingerprint density at radius 2 is 1.83 bits per heavy atom. The molecule has 0 saturated carbocycles. The molecule has 3 aromatic rings. The Hall–Kier alpha value is -3.81. The van der Waals surface area contributed by atoms with Crippen LogP contribution in [0.25, 0.3) is 11.0 Å². The minimum Gasteiger partial charge on any atom is -0.482 e. The molecular formula is C21H19NO7. The third-order valence-corrected chi connectivity index (χ3v) is 3.84. The van der Waals surface area contributed by atoms with E-state index in [0.717, 1.165) is 0 Å². The minimum atomic E-state index is -0.613. The molecule has 1 N–H and O–H groups in total. The number of hydrogen-bond acceptors (Lipinski definition) is 7. The van der Waals surface area contributed by atoms with E-state index in [1.165, 1.54) is 12.1 Å². The summed E-state index contributed by atoms with van der Waals surface area (Å²) in [6.45, 7) is 1.55. The number of rotatable bonds is 7. The number of anilines is 1. The fourth-order valence-electron chi connectivity index (χ4n) is 2.57. The Bertz CT molecular complexity index is 1060. The summed E-state index contributed by atoms with van der Waals surface area (Å²) in [4.78, 5) is 35.3.